The molecule has 2 nitrogen and oxygen atoms in total. The van der Waals surface area contributed by atoms with Crippen LogP contribution in [-0.2, 0) is 4.79 Å². The van der Waals surface area contributed by atoms with Crippen molar-refractivity contribution in [3.63, 3.8) is 0 Å². The van der Waals surface area contributed by atoms with Gasteiger partial charge >= 0.3 is 5.97 Å². The van der Waals surface area contributed by atoms with Gasteiger partial charge in [-0.25, -0.2) is 4.39 Å². The van der Waals surface area contributed by atoms with Crippen molar-refractivity contribution in [2.45, 2.75) is 26.7 Å². The molecular formula is C12H14BrFO2. The molecule has 1 atom stereocenters. The first-order chi connectivity index (χ1) is 7.36. The van der Waals surface area contributed by atoms with Crippen LogP contribution in [0, 0.1) is 18.7 Å². The number of benzene rings is 1. The summed E-state index contributed by atoms with van der Waals surface area (Å²) in [4.78, 5) is 11.2. The Kier molecular flexibility index (Phi) is 4.08. The van der Waals surface area contributed by atoms with Gasteiger partial charge in [-0.3, -0.25) is 4.79 Å². The minimum atomic E-state index is -0.878. The number of hydrogen-bond donors (Lipinski definition) is 1. The average molecular weight is 289 g/mol. The van der Waals surface area contributed by atoms with E-state index in [1.807, 2.05) is 13.8 Å². The third-order valence-corrected chi connectivity index (χ3v) is 3.62. The van der Waals surface area contributed by atoms with Crippen LogP contribution in [0.2, 0.25) is 0 Å². The summed E-state index contributed by atoms with van der Waals surface area (Å²) in [7, 11) is 0. The highest BCUT2D eigenvalue weighted by Gasteiger charge is 2.26. The minimum Gasteiger partial charge on any atom is -0.481 e. The van der Waals surface area contributed by atoms with Gasteiger partial charge in [-0.15, -0.1) is 0 Å². The van der Waals surface area contributed by atoms with Crippen LogP contribution in [0.5, 0.6) is 0 Å². The fraction of sp³-hybridized carbons (Fsp3) is 0.417. The molecule has 1 unspecified atom stereocenters. The van der Waals surface area contributed by atoms with E-state index in [4.69, 9.17) is 0 Å². The summed E-state index contributed by atoms with van der Waals surface area (Å²) in [5, 5.41) is 9.17. The van der Waals surface area contributed by atoms with E-state index in [1.54, 1.807) is 13.0 Å². The number of aliphatic carboxylic acids is 1. The number of rotatable bonds is 3. The van der Waals surface area contributed by atoms with Gasteiger partial charge in [-0.2, -0.15) is 0 Å². The summed E-state index contributed by atoms with van der Waals surface area (Å²) in [6.45, 7) is 5.41. The molecule has 4 heteroatoms. The second-order valence-corrected chi connectivity index (χ2v) is 4.93. The maximum atomic E-state index is 13.2. The quantitative estimate of drug-likeness (QED) is 0.920. The third kappa shape index (κ3) is 2.43. The zero-order valence-electron chi connectivity index (χ0n) is 9.42. The monoisotopic (exact) mass is 288 g/mol. The molecule has 0 heterocycles. The van der Waals surface area contributed by atoms with Crippen LogP contribution in [-0.4, -0.2) is 11.1 Å². The molecule has 16 heavy (non-hydrogen) atoms. The largest absolute Gasteiger partial charge is 0.481 e. The summed E-state index contributed by atoms with van der Waals surface area (Å²) >= 11 is 3.13. The maximum absolute atomic E-state index is 13.2. The Bertz CT molecular complexity index is 416. The second-order valence-electron chi connectivity index (χ2n) is 4.14. The normalized spacial score (nSPS) is 12.9. The van der Waals surface area contributed by atoms with E-state index in [2.05, 4.69) is 15.9 Å². The van der Waals surface area contributed by atoms with Crippen molar-refractivity contribution in [2.24, 2.45) is 5.92 Å². The molecule has 88 valence electrons. The summed E-state index contributed by atoms with van der Waals surface area (Å²) in [5.74, 6) is -1.88. The lowest BCUT2D eigenvalue weighted by Crippen LogP contribution is -2.18. The lowest BCUT2D eigenvalue weighted by molar-refractivity contribution is -0.139. The van der Waals surface area contributed by atoms with E-state index < -0.39 is 11.9 Å². The van der Waals surface area contributed by atoms with Gasteiger partial charge in [0.05, 0.1) is 10.4 Å². The molecule has 0 aliphatic heterocycles. The molecule has 1 aromatic rings. The maximum Gasteiger partial charge on any atom is 0.311 e. The minimum absolute atomic E-state index is 0.0337. The lowest BCUT2D eigenvalue weighted by Gasteiger charge is -2.19. The van der Waals surface area contributed by atoms with Gasteiger partial charge in [0.1, 0.15) is 5.82 Å². The highest BCUT2D eigenvalue weighted by molar-refractivity contribution is 9.10. The highest BCUT2D eigenvalue weighted by atomic mass is 79.9. The molecule has 0 aliphatic carbocycles. The molecule has 0 aromatic heterocycles. The van der Waals surface area contributed by atoms with Crippen LogP contribution in [0.4, 0.5) is 4.39 Å². The van der Waals surface area contributed by atoms with Gasteiger partial charge < -0.3 is 5.11 Å². The van der Waals surface area contributed by atoms with Gasteiger partial charge in [0.15, 0.2) is 0 Å². The predicted molar refractivity (Wildman–Crippen MR) is 64.1 cm³/mol. The predicted octanol–water partition coefficient (Wildman–Crippen LogP) is 3.72. The van der Waals surface area contributed by atoms with E-state index in [9.17, 15) is 14.3 Å². The van der Waals surface area contributed by atoms with E-state index in [0.717, 1.165) is 0 Å². The van der Waals surface area contributed by atoms with Crippen molar-refractivity contribution in [1.29, 1.82) is 0 Å². The molecule has 0 amide bonds. The fourth-order valence-electron chi connectivity index (χ4n) is 1.78. The van der Waals surface area contributed by atoms with Crippen LogP contribution in [0.15, 0.2) is 16.6 Å². The molecule has 1 N–H and O–H groups in total. The first-order valence-electron chi connectivity index (χ1n) is 5.03. The topological polar surface area (TPSA) is 37.3 Å². The summed E-state index contributed by atoms with van der Waals surface area (Å²) in [5.41, 5.74) is 1.32. The molecule has 1 aromatic carbocycles. The fourth-order valence-corrected chi connectivity index (χ4v) is 2.14. The molecule has 0 aliphatic rings. The molecule has 0 fully saturated rings. The lowest BCUT2D eigenvalue weighted by atomic mass is 9.86. The van der Waals surface area contributed by atoms with Gasteiger partial charge in [0.25, 0.3) is 0 Å². The molecule has 0 radical (unpaired) electrons. The first-order valence-corrected chi connectivity index (χ1v) is 5.82. The molecule has 0 saturated carbocycles. The SMILES string of the molecule is Cc1c(C(C(=O)O)C(C)C)ccc(F)c1Br. The van der Waals surface area contributed by atoms with Crippen molar-refractivity contribution in [3.8, 4) is 0 Å². The molecule has 0 bridgehead atoms. The Morgan fingerprint density at radius 1 is 1.44 bits per heavy atom. The molecule has 0 saturated heterocycles. The highest BCUT2D eigenvalue weighted by Crippen LogP contribution is 2.32. The van der Waals surface area contributed by atoms with Gasteiger partial charge in [-0.1, -0.05) is 19.9 Å². The van der Waals surface area contributed by atoms with Crippen LogP contribution in [0.25, 0.3) is 0 Å². The Balaban J connectivity index is 3.31. The van der Waals surface area contributed by atoms with Crippen molar-refractivity contribution in [3.05, 3.63) is 33.5 Å². The number of halogens is 2. The number of carboxylic acid groups (broad SMARTS) is 1. The van der Waals surface area contributed by atoms with E-state index in [-0.39, 0.29) is 11.7 Å². The van der Waals surface area contributed by atoms with Crippen molar-refractivity contribution >= 4 is 21.9 Å². The van der Waals surface area contributed by atoms with Crippen molar-refractivity contribution < 1.29 is 14.3 Å². The van der Waals surface area contributed by atoms with Crippen LogP contribution < -0.4 is 0 Å². The Labute approximate surface area is 103 Å². The number of hydrogen-bond acceptors (Lipinski definition) is 1. The summed E-state index contributed by atoms with van der Waals surface area (Å²) in [6, 6.07) is 2.85. The molecular weight excluding hydrogens is 275 g/mol. The number of carboxylic acids is 1. The first kappa shape index (κ1) is 13.2. The van der Waals surface area contributed by atoms with E-state index >= 15 is 0 Å². The van der Waals surface area contributed by atoms with Crippen molar-refractivity contribution in [2.75, 3.05) is 0 Å². The van der Waals surface area contributed by atoms with Crippen molar-refractivity contribution in [1.82, 2.24) is 0 Å². The Morgan fingerprint density at radius 3 is 2.44 bits per heavy atom. The van der Waals surface area contributed by atoms with Gasteiger partial charge in [-0.05, 0) is 46.0 Å². The van der Waals surface area contributed by atoms with Gasteiger partial charge in [0, 0.05) is 0 Å². The van der Waals surface area contributed by atoms with Crippen LogP contribution >= 0.6 is 15.9 Å². The number of carbonyl (C=O) groups is 1. The smallest absolute Gasteiger partial charge is 0.311 e. The molecule has 0 spiro atoms. The molecule has 1 rings (SSSR count). The Hall–Kier alpha value is -0.900. The average Bonchev–Trinajstić information content (AvgIpc) is 2.17. The second kappa shape index (κ2) is 4.95. The third-order valence-electron chi connectivity index (χ3n) is 2.65. The van der Waals surface area contributed by atoms with E-state index in [0.29, 0.717) is 15.6 Å². The van der Waals surface area contributed by atoms with E-state index in [1.165, 1.54) is 6.07 Å². The summed E-state index contributed by atoms with van der Waals surface area (Å²) < 4.78 is 13.6. The van der Waals surface area contributed by atoms with Crippen LogP contribution in [0.3, 0.4) is 0 Å². The zero-order chi connectivity index (χ0) is 12.5. The van der Waals surface area contributed by atoms with Crippen LogP contribution in [0.1, 0.15) is 30.9 Å². The standard InChI is InChI=1S/C12H14BrFO2/c1-6(2)10(12(15)16)8-4-5-9(14)11(13)7(8)3/h4-6,10H,1-3H3,(H,15,16). The summed E-state index contributed by atoms with van der Waals surface area (Å²) in [6.07, 6.45) is 0. The van der Waals surface area contributed by atoms with Gasteiger partial charge in [0.2, 0.25) is 0 Å². The zero-order valence-corrected chi connectivity index (χ0v) is 11.0. The Morgan fingerprint density at radius 2 is 2.00 bits per heavy atom.